The molecule has 0 aromatic carbocycles. The van der Waals surface area contributed by atoms with Crippen molar-refractivity contribution in [2.75, 3.05) is 18.5 Å². The van der Waals surface area contributed by atoms with Crippen LogP contribution < -0.4 is 11.1 Å². The summed E-state index contributed by atoms with van der Waals surface area (Å²) < 4.78 is 5.68. The summed E-state index contributed by atoms with van der Waals surface area (Å²) in [6.45, 7) is 1.65. The van der Waals surface area contributed by atoms with Gasteiger partial charge in [0.05, 0.1) is 16.8 Å². The molecule has 0 amide bonds. The lowest BCUT2D eigenvalue weighted by Gasteiger charge is -2.25. The Labute approximate surface area is 172 Å². The molecule has 0 radical (unpaired) electrons. The number of rotatable bonds is 6. The van der Waals surface area contributed by atoms with Crippen molar-refractivity contribution in [2.45, 2.75) is 57.1 Å². The van der Waals surface area contributed by atoms with Gasteiger partial charge in [0.2, 0.25) is 0 Å². The standard InChI is InChI=1S/C22H29ClN4O/c23-20-14-25-17(11-15-6-8-16(24)9-7-15)12-19(20)21-4-1-5-22(27-21)26-13-18-3-2-10-28-18/h1,4-5,12,14-16,18H,2-3,6-11,13,24H2,(H,26,27)/t15?,16?,18-/m0/s1. The van der Waals surface area contributed by atoms with Gasteiger partial charge in [-0.1, -0.05) is 17.7 Å². The molecular weight excluding hydrogens is 372 g/mol. The minimum Gasteiger partial charge on any atom is -0.376 e. The minimum absolute atomic E-state index is 0.283. The highest BCUT2D eigenvalue weighted by Crippen LogP contribution is 2.30. The van der Waals surface area contributed by atoms with Gasteiger partial charge in [-0.25, -0.2) is 4.98 Å². The number of anilines is 1. The van der Waals surface area contributed by atoms with Gasteiger partial charge in [-0.15, -0.1) is 0 Å². The summed E-state index contributed by atoms with van der Waals surface area (Å²) in [6, 6.07) is 8.48. The van der Waals surface area contributed by atoms with Crippen LogP contribution in [0, 0.1) is 5.92 Å². The van der Waals surface area contributed by atoms with Gasteiger partial charge in [-0.3, -0.25) is 4.98 Å². The van der Waals surface area contributed by atoms with Gasteiger partial charge in [0.1, 0.15) is 5.82 Å². The van der Waals surface area contributed by atoms with Crippen LogP contribution in [0.3, 0.4) is 0 Å². The fourth-order valence-corrected chi connectivity index (χ4v) is 4.39. The molecule has 0 spiro atoms. The molecule has 1 aliphatic carbocycles. The maximum atomic E-state index is 6.47. The van der Waals surface area contributed by atoms with Gasteiger partial charge < -0.3 is 15.8 Å². The number of halogens is 1. The Bertz CT molecular complexity index is 786. The van der Waals surface area contributed by atoms with Crippen LogP contribution in [-0.2, 0) is 11.2 Å². The average molecular weight is 401 g/mol. The van der Waals surface area contributed by atoms with Gasteiger partial charge in [0, 0.05) is 36.6 Å². The lowest BCUT2D eigenvalue weighted by molar-refractivity contribution is 0.120. The normalized spacial score (nSPS) is 25.0. The molecular formula is C22H29ClN4O. The van der Waals surface area contributed by atoms with Gasteiger partial charge in [0.25, 0.3) is 0 Å². The van der Waals surface area contributed by atoms with E-state index in [9.17, 15) is 0 Å². The summed E-state index contributed by atoms with van der Waals surface area (Å²) in [5, 5.41) is 4.03. The van der Waals surface area contributed by atoms with E-state index in [1.807, 2.05) is 18.2 Å². The van der Waals surface area contributed by atoms with Crippen LogP contribution in [-0.4, -0.2) is 35.3 Å². The summed E-state index contributed by atoms with van der Waals surface area (Å²) >= 11 is 6.47. The molecule has 5 nitrogen and oxygen atoms in total. The SMILES string of the molecule is NC1CCC(Cc2cc(-c3cccc(NC[C@@H]4CCCO4)n3)c(Cl)cn2)CC1. The van der Waals surface area contributed by atoms with E-state index in [0.29, 0.717) is 17.0 Å². The predicted octanol–water partition coefficient (Wildman–Crippen LogP) is 4.45. The van der Waals surface area contributed by atoms with E-state index in [1.54, 1.807) is 6.20 Å². The number of nitrogens with two attached hydrogens (primary N) is 1. The first-order valence-corrected chi connectivity index (χ1v) is 10.8. The minimum atomic E-state index is 0.283. The van der Waals surface area contributed by atoms with E-state index in [1.165, 1.54) is 12.8 Å². The summed E-state index contributed by atoms with van der Waals surface area (Å²) in [7, 11) is 0. The molecule has 2 aliphatic rings. The van der Waals surface area contributed by atoms with Gasteiger partial charge in [-0.2, -0.15) is 0 Å². The lowest BCUT2D eigenvalue weighted by Crippen LogP contribution is -2.27. The van der Waals surface area contributed by atoms with Crippen molar-refractivity contribution in [3.63, 3.8) is 0 Å². The molecule has 2 aromatic rings. The van der Waals surface area contributed by atoms with Gasteiger partial charge in [0.15, 0.2) is 0 Å². The zero-order valence-corrected chi connectivity index (χ0v) is 17.0. The van der Waals surface area contributed by atoms with E-state index in [0.717, 1.165) is 68.0 Å². The van der Waals surface area contributed by atoms with Crippen LogP contribution in [0.1, 0.15) is 44.2 Å². The molecule has 1 atom stereocenters. The molecule has 6 heteroatoms. The lowest BCUT2D eigenvalue weighted by atomic mass is 9.83. The molecule has 28 heavy (non-hydrogen) atoms. The van der Waals surface area contributed by atoms with Crippen LogP contribution >= 0.6 is 11.6 Å². The fraction of sp³-hybridized carbons (Fsp3) is 0.545. The third-order valence-corrected chi connectivity index (χ3v) is 6.16. The average Bonchev–Trinajstić information content (AvgIpc) is 3.23. The number of nitrogens with one attached hydrogen (secondary N) is 1. The molecule has 2 fully saturated rings. The molecule has 1 aliphatic heterocycles. The third-order valence-electron chi connectivity index (χ3n) is 5.86. The first-order valence-electron chi connectivity index (χ1n) is 10.4. The molecule has 1 saturated carbocycles. The highest BCUT2D eigenvalue weighted by Gasteiger charge is 2.20. The van der Waals surface area contributed by atoms with Crippen molar-refractivity contribution in [1.29, 1.82) is 0 Å². The maximum Gasteiger partial charge on any atom is 0.126 e. The highest BCUT2D eigenvalue weighted by atomic mass is 35.5. The zero-order valence-electron chi connectivity index (χ0n) is 16.2. The summed E-state index contributed by atoms with van der Waals surface area (Å²) in [6.07, 6.45) is 9.87. The van der Waals surface area contributed by atoms with Crippen LogP contribution in [0.4, 0.5) is 5.82 Å². The van der Waals surface area contributed by atoms with E-state index < -0.39 is 0 Å². The predicted molar refractivity (Wildman–Crippen MR) is 114 cm³/mol. The Kier molecular flexibility index (Phi) is 6.45. The first-order chi connectivity index (χ1) is 13.7. The van der Waals surface area contributed by atoms with E-state index in [2.05, 4.69) is 16.4 Å². The molecule has 3 heterocycles. The van der Waals surface area contributed by atoms with Crippen LogP contribution in [0.5, 0.6) is 0 Å². The second kappa shape index (κ2) is 9.21. The Morgan fingerprint density at radius 3 is 2.82 bits per heavy atom. The van der Waals surface area contributed by atoms with Crippen molar-refractivity contribution >= 4 is 17.4 Å². The highest BCUT2D eigenvalue weighted by molar-refractivity contribution is 6.33. The molecule has 0 unspecified atom stereocenters. The topological polar surface area (TPSA) is 73.1 Å². The van der Waals surface area contributed by atoms with Crippen molar-refractivity contribution in [3.05, 3.63) is 41.2 Å². The smallest absolute Gasteiger partial charge is 0.126 e. The number of hydrogen-bond acceptors (Lipinski definition) is 5. The first kappa shape index (κ1) is 19.6. The number of hydrogen-bond donors (Lipinski definition) is 2. The van der Waals surface area contributed by atoms with E-state index in [4.69, 9.17) is 27.1 Å². The third kappa shape index (κ3) is 5.02. The fourth-order valence-electron chi connectivity index (χ4n) is 4.18. The van der Waals surface area contributed by atoms with Crippen LogP contribution in [0.15, 0.2) is 30.5 Å². The Morgan fingerprint density at radius 1 is 1.18 bits per heavy atom. The number of nitrogens with zero attached hydrogens (tertiary/aromatic N) is 2. The number of pyridine rings is 2. The van der Waals surface area contributed by atoms with Crippen molar-refractivity contribution in [3.8, 4) is 11.3 Å². The molecule has 150 valence electrons. The van der Waals surface area contributed by atoms with Gasteiger partial charge in [-0.05, 0) is 69.1 Å². The Morgan fingerprint density at radius 2 is 2.04 bits per heavy atom. The van der Waals surface area contributed by atoms with Gasteiger partial charge >= 0.3 is 0 Å². The Balaban J connectivity index is 1.46. The van der Waals surface area contributed by atoms with Crippen LogP contribution in [0.25, 0.3) is 11.3 Å². The summed E-state index contributed by atoms with van der Waals surface area (Å²) in [5.41, 5.74) is 8.93. The Hall–Kier alpha value is -1.69. The summed E-state index contributed by atoms with van der Waals surface area (Å²) in [4.78, 5) is 9.33. The molecule has 4 rings (SSSR count). The molecule has 0 bridgehead atoms. The van der Waals surface area contributed by atoms with Crippen molar-refractivity contribution in [1.82, 2.24) is 9.97 Å². The number of aromatic nitrogens is 2. The van der Waals surface area contributed by atoms with Crippen molar-refractivity contribution in [2.24, 2.45) is 11.7 Å². The zero-order chi connectivity index (χ0) is 19.3. The van der Waals surface area contributed by atoms with E-state index >= 15 is 0 Å². The largest absolute Gasteiger partial charge is 0.376 e. The van der Waals surface area contributed by atoms with Crippen LogP contribution in [0.2, 0.25) is 5.02 Å². The number of ether oxygens (including phenoxy) is 1. The van der Waals surface area contributed by atoms with Crippen molar-refractivity contribution < 1.29 is 4.74 Å². The monoisotopic (exact) mass is 400 g/mol. The quantitative estimate of drug-likeness (QED) is 0.749. The second-order valence-corrected chi connectivity index (χ2v) is 8.47. The molecule has 2 aromatic heterocycles. The second-order valence-electron chi connectivity index (χ2n) is 8.06. The summed E-state index contributed by atoms with van der Waals surface area (Å²) in [5.74, 6) is 1.51. The van der Waals surface area contributed by atoms with E-state index in [-0.39, 0.29) is 6.10 Å². The molecule has 3 N–H and O–H groups in total. The maximum absolute atomic E-state index is 6.47. The molecule has 1 saturated heterocycles.